The van der Waals surface area contributed by atoms with Gasteiger partial charge in [0.1, 0.15) is 5.75 Å². The predicted molar refractivity (Wildman–Crippen MR) is 132 cm³/mol. The molecular weight excluding hydrogens is 432 g/mol. The first-order valence-electron chi connectivity index (χ1n) is 11.0. The van der Waals surface area contributed by atoms with Crippen LogP contribution in [0.3, 0.4) is 0 Å². The van der Waals surface area contributed by atoms with Crippen molar-refractivity contribution in [2.75, 3.05) is 32.7 Å². The number of carbonyl (C=O) groups excluding carboxylic acids is 1. The molecule has 176 valence electrons. The molecule has 0 bridgehead atoms. The summed E-state index contributed by atoms with van der Waals surface area (Å²) in [6.45, 7) is 5.13. The fraction of sp³-hybridized carbons (Fsp3) is 0.280. The SMILES string of the molecule is COCCNC(=O)c1ccc(OC)c(Nc2nccc(-c3cn(C(C)C)c4cnccc34)n2)c1. The summed E-state index contributed by atoms with van der Waals surface area (Å²) >= 11 is 0. The number of nitrogens with zero attached hydrogens (tertiary/aromatic N) is 4. The third-order valence-electron chi connectivity index (χ3n) is 5.42. The van der Waals surface area contributed by atoms with Crippen LogP contribution in [0.15, 0.2) is 55.1 Å². The molecule has 0 saturated carbocycles. The number of methoxy groups -OCH3 is 2. The van der Waals surface area contributed by atoms with E-state index in [1.165, 1.54) is 0 Å². The lowest BCUT2D eigenvalue weighted by atomic mass is 10.1. The third-order valence-corrected chi connectivity index (χ3v) is 5.42. The molecule has 9 nitrogen and oxygen atoms in total. The van der Waals surface area contributed by atoms with Gasteiger partial charge in [-0.25, -0.2) is 9.97 Å². The molecule has 0 aliphatic rings. The fourth-order valence-corrected chi connectivity index (χ4v) is 3.73. The van der Waals surface area contributed by atoms with Crippen LogP contribution in [0.1, 0.15) is 30.2 Å². The molecule has 4 aromatic rings. The minimum Gasteiger partial charge on any atom is -0.495 e. The van der Waals surface area contributed by atoms with E-state index in [2.05, 4.69) is 45.2 Å². The van der Waals surface area contributed by atoms with Gasteiger partial charge in [-0.3, -0.25) is 9.78 Å². The highest BCUT2D eigenvalue weighted by molar-refractivity contribution is 5.96. The van der Waals surface area contributed by atoms with Crippen LogP contribution in [0.4, 0.5) is 11.6 Å². The van der Waals surface area contributed by atoms with Crippen LogP contribution in [0.2, 0.25) is 0 Å². The molecule has 1 amide bonds. The number of hydrogen-bond acceptors (Lipinski definition) is 7. The second kappa shape index (κ2) is 10.3. The first-order chi connectivity index (χ1) is 16.5. The van der Waals surface area contributed by atoms with Crippen LogP contribution in [0.25, 0.3) is 22.2 Å². The van der Waals surface area contributed by atoms with Gasteiger partial charge in [-0.05, 0) is 44.2 Å². The number of pyridine rings is 1. The Morgan fingerprint density at radius 1 is 1.15 bits per heavy atom. The van der Waals surface area contributed by atoms with Gasteiger partial charge >= 0.3 is 0 Å². The van der Waals surface area contributed by atoms with Crippen molar-refractivity contribution in [3.63, 3.8) is 0 Å². The Morgan fingerprint density at radius 2 is 2.00 bits per heavy atom. The maximum atomic E-state index is 12.5. The van der Waals surface area contributed by atoms with Gasteiger partial charge in [-0.1, -0.05) is 0 Å². The maximum absolute atomic E-state index is 12.5. The van der Waals surface area contributed by atoms with E-state index in [4.69, 9.17) is 14.5 Å². The molecule has 0 fully saturated rings. The van der Waals surface area contributed by atoms with Crippen molar-refractivity contribution in [2.24, 2.45) is 0 Å². The second-order valence-corrected chi connectivity index (χ2v) is 7.99. The molecule has 0 saturated heterocycles. The number of anilines is 2. The second-order valence-electron chi connectivity index (χ2n) is 7.99. The van der Waals surface area contributed by atoms with Gasteiger partial charge in [-0.15, -0.1) is 0 Å². The largest absolute Gasteiger partial charge is 0.495 e. The van der Waals surface area contributed by atoms with Gasteiger partial charge < -0.3 is 24.7 Å². The number of aromatic nitrogens is 4. The van der Waals surface area contributed by atoms with E-state index in [9.17, 15) is 4.79 Å². The number of fused-ring (bicyclic) bond motifs is 1. The maximum Gasteiger partial charge on any atom is 0.251 e. The summed E-state index contributed by atoms with van der Waals surface area (Å²) < 4.78 is 12.6. The summed E-state index contributed by atoms with van der Waals surface area (Å²) in [6.07, 6.45) is 7.45. The summed E-state index contributed by atoms with van der Waals surface area (Å²) in [5, 5.41) is 7.09. The molecule has 0 spiro atoms. The zero-order valence-electron chi connectivity index (χ0n) is 19.7. The van der Waals surface area contributed by atoms with Crippen molar-refractivity contribution < 1.29 is 14.3 Å². The normalized spacial score (nSPS) is 11.1. The lowest BCUT2D eigenvalue weighted by Gasteiger charge is -2.12. The summed E-state index contributed by atoms with van der Waals surface area (Å²) in [7, 11) is 3.16. The molecule has 2 N–H and O–H groups in total. The molecule has 9 heteroatoms. The topological polar surface area (TPSA) is 103 Å². The van der Waals surface area contributed by atoms with E-state index in [-0.39, 0.29) is 11.9 Å². The highest BCUT2D eigenvalue weighted by Gasteiger charge is 2.15. The Balaban J connectivity index is 1.65. The minimum absolute atomic E-state index is 0.201. The molecule has 0 aliphatic heterocycles. The average molecular weight is 461 g/mol. The molecular formula is C25H28N6O3. The molecule has 34 heavy (non-hydrogen) atoms. The van der Waals surface area contributed by atoms with E-state index < -0.39 is 0 Å². The molecule has 3 aromatic heterocycles. The number of carbonyl (C=O) groups is 1. The monoisotopic (exact) mass is 460 g/mol. The average Bonchev–Trinajstić information content (AvgIpc) is 3.24. The molecule has 1 aromatic carbocycles. The van der Waals surface area contributed by atoms with Gasteiger partial charge in [0.25, 0.3) is 5.91 Å². The first kappa shape index (κ1) is 23.2. The lowest BCUT2D eigenvalue weighted by Crippen LogP contribution is -2.26. The summed E-state index contributed by atoms with van der Waals surface area (Å²) in [6, 6.07) is 9.31. The van der Waals surface area contributed by atoms with Crippen molar-refractivity contribution in [3.8, 4) is 17.0 Å². The van der Waals surface area contributed by atoms with Crippen molar-refractivity contribution in [1.82, 2.24) is 24.8 Å². The summed E-state index contributed by atoms with van der Waals surface area (Å²) in [5.74, 6) is 0.768. The van der Waals surface area contributed by atoms with Gasteiger partial charge in [0.05, 0.1) is 36.8 Å². The van der Waals surface area contributed by atoms with Crippen LogP contribution in [0.5, 0.6) is 5.75 Å². The van der Waals surface area contributed by atoms with Gasteiger partial charge in [0, 0.05) is 54.8 Å². The predicted octanol–water partition coefficient (Wildman–Crippen LogP) is 4.20. The van der Waals surface area contributed by atoms with E-state index >= 15 is 0 Å². The fourth-order valence-electron chi connectivity index (χ4n) is 3.73. The van der Waals surface area contributed by atoms with Crippen LogP contribution in [0, 0.1) is 0 Å². The Bertz CT molecular complexity index is 1300. The van der Waals surface area contributed by atoms with Crippen molar-refractivity contribution in [3.05, 3.63) is 60.7 Å². The molecule has 0 atom stereocenters. The van der Waals surface area contributed by atoms with Crippen molar-refractivity contribution >= 4 is 28.4 Å². The Morgan fingerprint density at radius 3 is 2.76 bits per heavy atom. The van der Waals surface area contributed by atoms with Crippen LogP contribution in [-0.4, -0.2) is 52.8 Å². The summed E-state index contributed by atoms with van der Waals surface area (Å²) in [4.78, 5) is 25.9. The molecule has 0 radical (unpaired) electrons. The van der Waals surface area contributed by atoms with Gasteiger partial charge in [-0.2, -0.15) is 0 Å². The van der Waals surface area contributed by atoms with Crippen molar-refractivity contribution in [2.45, 2.75) is 19.9 Å². The number of rotatable bonds is 9. The minimum atomic E-state index is -0.201. The number of ether oxygens (including phenoxy) is 2. The zero-order chi connectivity index (χ0) is 24.1. The number of benzene rings is 1. The van der Waals surface area contributed by atoms with E-state index in [0.717, 1.165) is 22.2 Å². The zero-order valence-corrected chi connectivity index (χ0v) is 19.7. The standard InChI is InChI=1S/C25H28N6O3/c1-16(2)31-15-19(18-7-9-26-14-22(18)31)20-8-10-28-25(29-20)30-21-13-17(5-6-23(21)34-4)24(32)27-11-12-33-3/h5-10,13-16H,11-12H2,1-4H3,(H,27,32)(H,28,29,30). The molecule has 3 heterocycles. The van der Waals surface area contributed by atoms with E-state index in [0.29, 0.717) is 36.1 Å². The summed E-state index contributed by atoms with van der Waals surface area (Å²) in [5.41, 5.74) is 3.90. The van der Waals surface area contributed by atoms with Crippen LogP contribution in [-0.2, 0) is 4.74 Å². The van der Waals surface area contributed by atoms with Gasteiger partial charge in [0.2, 0.25) is 5.95 Å². The Kier molecular flexibility index (Phi) is 7.03. The third kappa shape index (κ3) is 4.84. The highest BCUT2D eigenvalue weighted by Crippen LogP contribution is 2.32. The molecule has 0 unspecified atom stereocenters. The Hall–Kier alpha value is -3.98. The lowest BCUT2D eigenvalue weighted by molar-refractivity contribution is 0.0937. The Labute approximate surface area is 198 Å². The number of amides is 1. The first-order valence-corrected chi connectivity index (χ1v) is 11.0. The van der Waals surface area contributed by atoms with E-state index in [1.807, 2.05) is 18.3 Å². The quantitative estimate of drug-likeness (QED) is 0.361. The van der Waals surface area contributed by atoms with Crippen LogP contribution < -0.4 is 15.4 Å². The van der Waals surface area contributed by atoms with Gasteiger partial charge in [0.15, 0.2) is 0 Å². The van der Waals surface area contributed by atoms with Crippen molar-refractivity contribution in [1.29, 1.82) is 0 Å². The van der Waals surface area contributed by atoms with Crippen LogP contribution >= 0.6 is 0 Å². The number of hydrogen-bond donors (Lipinski definition) is 2. The smallest absolute Gasteiger partial charge is 0.251 e. The van der Waals surface area contributed by atoms with E-state index in [1.54, 1.807) is 44.8 Å². The highest BCUT2D eigenvalue weighted by atomic mass is 16.5. The molecule has 0 aliphatic carbocycles. The molecule has 4 rings (SSSR count). The number of nitrogens with one attached hydrogen (secondary N) is 2.